The SMILES string of the molecule is CC1(C)CN(S(=O)(=O)c2ccc(CS(C)(=O)=O)cc2)CCC1N. The zero-order valence-electron chi connectivity index (χ0n) is 13.7. The van der Waals surface area contributed by atoms with Gasteiger partial charge >= 0.3 is 0 Å². The van der Waals surface area contributed by atoms with Crippen molar-refractivity contribution in [3.8, 4) is 0 Å². The molecule has 0 bridgehead atoms. The lowest BCUT2D eigenvalue weighted by molar-refractivity contribution is 0.155. The number of nitrogens with two attached hydrogens (primary N) is 1. The van der Waals surface area contributed by atoms with Crippen LogP contribution >= 0.6 is 0 Å². The minimum Gasteiger partial charge on any atom is -0.327 e. The Balaban J connectivity index is 2.23. The third-order valence-electron chi connectivity index (χ3n) is 4.27. The topological polar surface area (TPSA) is 97.5 Å². The molecule has 0 saturated carbocycles. The van der Waals surface area contributed by atoms with Crippen LogP contribution in [0.5, 0.6) is 0 Å². The maximum absolute atomic E-state index is 12.7. The quantitative estimate of drug-likeness (QED) is 0.863. The van der Waals surface area contributed by atoms with Crippen molar-refractivity contribution in [2.45, 2.75) is 37.0 Å². The molecular weight excluding hydrogens is 336 g/mol. The second-order valence-corrected chi connectivity index (χ2v) is 11.0. The van der Waals surface area contributed by atoms with Crippen LogP contribution in [0.25, 0.3) is 0 Å². The fourth-order valence-electron chi connectivity index (χ4n) is 2.74. The number of hydrogen-bond donors (Lipinski definition) is 1. The maximum atomic E-state index is 12.7. The highest BCUT2D eigenvalue weighted by atomic mass is 32.2. The van der Waals surface area contributed by atoms with Crippen LogP contribution in [0.2, 0.25) is 0 Å². The van der Waals surface area contributed by atoms with E-state index in [1.54, 1.807) is 12.1 Å². The maximum Gasteiger partial charge on any atom is 0.243 e. The summed E-state index contributed by atoms with van der Waals surface area (Å²) in [6.45, 7) is 4.71. The van der Waals surface area contributed by atoms with E-state index < -0.39 is 19.9 Å². The summed E-state index contributed by atoms with van der Waals surface area (Å²) in [5.41, 5.74) is 6.36. The Morgan fingerprint density at radius 1 is 1.17 bits per heavy atom. The van der Waals surface area contributed by atoms with Gasteiger partial charge in [-0.25, -0.2) is 16.8 Å². The first kappa shape index (κ1) is 18.4. The molecule has 0 radical (unpaired) electrons. The van der Waals surface area contributed by atoms with Gasteiger partial charge in [0.25, 0.3) is 0 Å². The average Bonchev–Trinajstić information content (AvgIpc) is 2.40. The lowest BCUT2D eigenvalue weighted by Crippen LogP contribution is -2.53. The van der Waals surface area contributed by atoms with E-state index in [1.807, 2.05) is 13.8 Å². The molecule has 1 atom stereocenters. The van der Waals surface area contributed by atoms with Gasteiger partial charge in [0.15, 0.2) is 9.84 Å². The highest BCUT2D eigenvalue weighted by molar-refractivity contribution is 7.90. The summed E-state index contributed by atoms with van der Waals surface area (Å²) in [5, 5.41) is 0. The predicted molar refractivity (Wildman–Crippen MR) is 90.1 cm³/mol. The number of nitrogens with zero attached hydrogens (tertiary/aromatic N) is 1. The molecule has 1 unspecified atom stereocenters. The zero-order valence-corrected chi connectivity index (χ0v) is 15.3. The van der Waals surface area contributed by atoms with Crippen molar-refractivity contribution in [1.82, 2.24) is 4.31 Å². The molecule has 1 fully saturated rings. The summed E-state index contributed by atoms with van der Waals surface area (Å²) in [6.07, 6.45) is 1.77. The van der Waals surface area contributed by atoms with Crippen molar-refractivity contribution in [1.29, 1.82) is 0 Å². The Labute approximate surface area is 138 Å². The molecule has 130 valence electrons. The summed E-state index contributed by atoms with van der Waals surface area (Å²) < 4.78 is 49.5. The molecule has 23 heavy (non-hydrogen) atoms. The summed E-state index contributed by atoms with van der Waals surface area (Å²) in [6, 6.07) is 6.02. The molecule has 0 aliphatic carbocycles. The van der Waals surface area contributed by atoms with Crippen molar-refractivity contribution in [3.05, 3.63) is 29.8 Å². The van der Waals surface area contributed by atoms with Gasteiger partial charge in [0.2, 0.25) is 10.0 Å². The van der Waals surface area contributed by atoms with Crippen LogP contribution in [0.4, 0.5) is 0 Å². The monoisotopic (exact) mass is 360 g/mol. The van der Waals surface area contributed by atoms with Gasteiger partial charge in [0.05, 0.1) is 10.6 Å². The smallest absolute Gasteiger partial charge is 0.243 e. The van der Waals surface area contributed by atoms with Gasteiger partial charge in [0.1, 0.15) is 0 Å². The summed E-state index contributed by atoms with van der Waals surface area (Å²) in [5.74, 6) is -0.0983. The van der Waals surface area contributed by atoms with Gasteiger partial charge in [-0.15, -0.1) is 0 Å². The lowest BCUT2D eigenvalue weighted by atomic mass is 9.81. The van der Waals surface area contributed by atoms with Gasteiger partial charge in [-0.1, -0.05) is 26.0 Å². The number of rotatable bonds is 4. The Morgan fingerprint density at radius 3 is 2.22 bits per heavy atom. The molecule has 1 aromatic rings. The van der Waals surface area contributed by atoms with Gasteiger partial charge in [-0.05, 0) is 29.5 Å². The first-order valence-electron chi connectivity index (χ1n) is 7.44. The molecule has 2 rings (SSSR count). The lowest BCUT2D eigenvalue weighted by Gasteiger charge is -2.41. The second kappa shape index (κ2) is 6.16. The van der Waals surface area contributed by atoms with Crippen LogP contribution in [-0.2, 0) is 25.6 Å². The number of sulfone groups is 1. The van der Waals surface area contributed by atoms with Crippen LogP contribution in [0.1, 0.15) is 25.8 Å². The number of sulfonamides is 1. The summed E-state index contributed by atoms with van der Waals surface area (Å²) in [7, 11) is -6.73. The first-order chi connectivity index (χ1) is 10.4. The Bertz CT molecular complexity index is 768. The molecule has 1 aliphatic heterocycles. The molecule has 1 heterocycles. The zero-order chi connectivity index (χ0) is 17.5. The van der Waals surface area contributed by atoms with E-state index in [0.717, 1.165) is 6.26 Å². The van der Waals surface area contributed by atoms with Crippen molar-refractivity contribution < 1.29 is 16.8 Å². The van der Waals surface area contributed by atoms with E-state index in [1.165, 1.54) is 16.4 Å². The summed E-state index contributed by atoms with van der Waals surface area (Å²) in [4.78, 5) is 0.182. The van der Waals surface area contributed by atoms with Crippen LogP contribution in [-0.4, -0.2) is 46.5 Å². The first-order valence-corrected chi connectivity index (χ1v) is 10.9. The molecular formula is C15H24N2O4S2. The van der Waals surface area contributed by atoms with E-state index in [9.17, 15) is 16.8 Å². The highest BCUT2D eigenvalue weighted by Gasteiger charge is 2.38. The van der Waals surface area contributed by atoms with Gasteiger partial charge in [0, 0.05) is 25.4 Å². The summed E-state index contributed by atoms with van der Waals surface area (Å²) >= 11 is 0. The van der Waals surface area contributed by atoms with Crippen molar-refractivity contribution in [2.24, 2.45) is 11.1 Å². The van der Waals surface area contributed by atoms with E-state index in [2.05, 4.69) is 0 Å². The highest BCUT2D eigenvalue weighted by Crippen LogP contribution is 2.31. The van der Waals surface area contributed by atoms with Crippen LogP contribution in [0.15, 0.2) is 29.2 Å². The Hall–Kier alpha value is -0.960. The van der Waals surface area contributed by atoms with Crippen LogP contribution < -0.4 is 5.73 Å². The van der Waals surface area contributed by atoms with E-state index >= 15 is 0 Å². The predicted octanol–water partition coefficient (Wildman–Crippen LogP) is 0.979. The number of hydrogen-bond acceptors (Lipinski definition) is 5. The van der Waals surface area contributed by atoms with Gasteiger partial charge < -0.3 is 5.73 Å². The van der Waals surface area contributed by atoms with E-state index in [4.69, 9.17) is 5.73 Å². The molecule has 1 aromatic carbocycles. The molecule has 0 spiro atoms. The third-order valence-corrected chi connectivity index (χ3v) is 6.98. The molecule has 0 aromatic heterocycles. The normalized spacial score (nSPS) is 22.9. The Kier molecular flexibility index (Phi) is 4.92. The largest absolute Gasteiger partial charge is 0.327 e. The number of benzene rings is 1. The molecule has 1 aliphatic rings. The molecule has 1 saturated heterocycles. The number of piperidine rings is 1. The van der Waals surface area contributed by atoms with E-state index in [0.29, 0.717) is 25.1 Å². The fraction of sp³-hybridized carbons (Fsp3) is 0.600. The van der Waals surface area contributed by atoms with E-state index in [-0.39, 0.29) is 22.1 Å². The van der Waals surface area contributed by atoms with Crippen LogP contribution in [0.3, 0.4) is 0 Å². The minimum absolute atomic E-state index is 0.0221. The molecule has 6 nitrogen and oxygen atoms in total. The Morgan fingerprint density at radius 2 is 1.74 bits per heavy atom. The van der Waals surface area contributed by atoms with Gasteiger partial charge in [-0.3, -0.25) is 0 Å². The van der Waals surface area contributed by atoms with Crippen molar-refractivity contribution in [2.75, 3.05) is 19.3 Å². The van der Waals surface area contributed by atoms with Crippen molar-refractivity contribution in [3.63, 3.8) is 0 Å². The standard InChI is InChI=1S/C15H24N2O4S2/c1-15(2)11-17(9-8-14(15)16)23(20,21)13-6-4-12(5-7-13)10-22(3,18)19/h4-7,14H,8-11,16H2,1-3H3. The van der Waals surface area contributed by atoms with Crippen LogP contribution in [0, 0.1) is 5.41 Å². The van der Waals surface area contributed by atoms with Gasteiger partial charge in [-0.2, -0.15) is 4.31 Å². The van der Waals surface area contributed by atoms with Crippen molar-refractivity contribution >= 4 is 19.9 Å². The second-order valence-electron chi connectivity index (χ2n) is 6.94. The minimum atomic E-state index is -3.59. The molecule has 2 N–H and O–H groups in total. The third kappa shape index (κ3) is 4.32. The molecule has 8 heteroatoms. The molecule has 0 amide bonds. The fourth-order valence-corrected chi connectivity index (χ4v) is 5.16. The average molecular weight is 361 g/mol.